The van der Waals surface area contributed by atoms with Crippen molar-refractivity contribution in [2.75, 3.05) is 0 Å². The first-order valence-electron chi connectivity index (χ1n) is 6.46. The third-order valence-corrected chi connectivity index (χ3v) is 3.64. The number of amides is 1. The van der Waals surface area contributed by atoms with Gasteiger partial charge in [-0.2, -0.15) is 5.10 Å². The maximum absolute atomic E-state index is 12.5. The highest BCUT2D eigenvalue weighted by atomic mass is 16.4. The average molecular weight is 265 g/mol. The Bertz CT molecular complexity index is 493. The molecule has 1 aliphatic rings. The maximum Gasteiger partial charge on any atom is 0.326 e. The smallest absolute Gasteiger partial charge is 0.326 e. The number of aromatic nitrogens is 2. The van der Waals surface area contributed by atoms with Crippen LogP contribution in [0.25, 0.3) is 0 Å². The molecular weight excluding hydrogens is 246 g/mol. The molecule has 0 aromatic carbocycles. The number of carboxylic acids is 1. The van der Waals surface area contributed by atoms with Crippen LogP contribution in [-0.4, -0.2) is 43.7 Å². The summed E-state index contributed by atoms with van der Waals surface area (Å²) in [5.74, 6) is -1.48. The Labute approximate surface area is 112 Å². The first-order chi connectivity index (χ1) is 8.93. The maximum atomic E-state index is 12.5. The van der Waals surface area contributed by atoms with Crippen molar-refractivity contribution in [1.29, 1.82) is 0 Å². The van der Waals surface area contributed by atoms with Gasteiger partial charge in [-0.25, -0.2) is 4.79 Å². The third-order valence-electron chi connectivity index (χ3n) is 3.64. The van der Waals surface area contributed by atoms with Crippen molar-refractivity contribution in [3.8, 4) is 0 Å². The Kier molecular flexibility index (Phi) is 3.59. The minimum absolute atomic E-state index is 0.0780. The van der Waals surface area contributed by atoms with E-state index in [9.17, 15) is 9.59 Å². The average Bonchev–Trinajstić information content (AvgIpc) is 3.10. The summed E-state index contributed by atoms with van der Waals surface area (Å²) in [6.45, 7) is 3.36. The number of carbonyl (C=O) groups is 2. The fraction of sp³-hybridized carbons (Fsp3) is 0.615. The highest BCUT2D eigenvalue weighted by Gasteiger charge is 2.40. The standard InChI is InChI=1S/C13H19N3O3/c1-8(11-6-7-14-15(11)3)12(17)16(10-4-5-10)9(2)13(18)19/h6-10H,4-5H2,1-3H3,(H,18,19). The summed E-state index contributed by atoms with van der Waals surface area (Å²) >= 11 is 0. The number of carboxylic acid groups (broad SMARTS) is 1. The normalized spacial score (nSPS) is 17.8. The van der Waals surface area contributed by atoms with Crippen LogP contribution < -0.4 is 0 Å². The summed E-state index contributed by atoms with van der Waals surface area (Å²) < 4.78 is 1.65. The van der Waals surface area contributed by atoms with E-state index in [-0.39, 0.29) is 17.9 Å². The van der Waals surface area contributed by atoms with Crippen molar-refractivity contribution in [1.82, 2.24) is 14.7 Å². The van der Waals surface area contributed by atoms with E-state index in [1.807, 2.05) is 0 Å². The summed E-state index contributed by atoms with van der Waals surface area (Å²) in [7, 11) is 1.78. The lowest BCUT2D eigenvalue weighted by atomic mass is 10.0. The number of rotatable bonds is 5. The molecule has 1 N–H and O–H groups in total. The van der Waals surface area contributed by atoms with Gasteiger partial charge in [-0.3, -0.25) is 9.48 Å². The molecule has 6 heteroatoms. The largest absolute Gasteiger partial charge is 0.480 e. The lowest BCUT2D eigenvalue weighted by molar-refractivity contribution is -0.150. The molecule has 1 heterocycles. The molecule has 6 nitrogen and oxygen atoms in total. The second-order valence-electron chi connectivity index (χ2n) is 5.09. The van der Waals surface area contributed by atoms with E-state index in [4.69, 9.17) is 5.11 Å². The number of aryl methyl sites for hydroxylation is 1. The van der Waals surface area contributed by atoms with E-state index in [1.165, 1.54) is 4.90 Å². The van der Waals surface area contributed by atoms with Gasteiger partial charge in [-0.1, -0.05) is 0 Å². The highest BCUT2D eigenvalue weighted by Crippen LogP contribution is 2.32. The summed E-state index contributed by atoms with van der Waals surface area (Å²) in [5, 5.41) is 13.2. The molecule has 19 heavy (non-hydrogen) atoms. The lowest BCUT2D eigenvalue weighted by Crippen LogP contribution is -2.46. The highest BCUT2D eigenvalue weighted by molar-refractivity contribution is 5.88. The van der Waals surface area contributed by atoms with Gasteiger partial charge in [0.1, 0.15) is 6.04 Å². The van der Waals surface area contributed by atoms with Crippen LogP contribution in [0.5, 0.6) is 0 Å². The van der Waals surface area contributed by atoms with E-state index in [2.05, 4.69) is 5.10 Å². The molecule has 1 saturated carbocycles. The van der Waals surface area contributed by atoms with Crippen LogP contribution in [0, 0.1) is 0 Å². The molecule has 2 atom stereocenters. The number of aliphatic carboxylic acids is 1. The van der Waals surface area contributed by atoms with Crippen LogP contribution in [0.3, 0.4) is 0 Å². The van der Waals surface area contributed by atoms with Gasteiger partial charge in [-0.15, -0.1) is 0 Å². The predicted octanol–water partition coefficient (Wildman–Crippen LogP) is 0.988. The monoisotopic (exact) mass is 265 g/mol. The molecule has 104 valence electrons. The number of carbonyl (C=O) groups excluding carboxylic acids is 1. The van der Waals surface area contributed by atoms with Gasteiger partial charge < -0.3 is 10.0 Å². The SMILES string of the molecule is CC(C(=O)N(C1CC1)C(C)C(=O)O)c1ccnn1C. The van der Waals surface area contributed by atoms with E-state index >= 15 is 0 Å². The topological polar surface area (TPSA) is 75.4 Å². The molecule has 2 unspecified atom stereocenters. The Morgan fingerprint density at radius 1 is 1.47 bits per heavy atom. The van der Waals surface area contributed by atoms with E-state index in [0.717, 1.165) is 18.5 Å². The van der Waals surface area contributed by atoms with Crippen LogP contribution in [0.4, 0.5) is 0 Å². The molecule has 0 spiro atoms. The summed E-state index contributed by atoms with van der Waals surface area (Å²) in [4.78, 5) is 25.2. The summed E-state index contributed by atoms with van der Waals surface area (Å²) in [6, 6.07) is 1.09. The zero-order valence-electron chi connectivity index (χ0n) is 11.4. The number of nitrogens with zero attached hydrogens (tertiary/aromatic N) is 3. The van der Waals surface area contributed by atoms with Crippen LogP contribution >= 0.6 is 0 Å². The van der Waals surface area contributed by atoms with Gasteiger partial charge in [0.25, 0.3) is 0 Å². The molecule has 1 aromatic rings. The van der Waals surface area contributed by atoms with Crippen LogP contribution in [0.1, 0.15) is 38.3 Å². The molecule has 1 aliphatic carbocycles. The van der Waals surface area contributed by atoms with Crippen LogP contribution in [-0.2, 0) is 16.6 Å². The third kappa shape index (κ3) is 2.62. The second kappa shape index (κ2) is 5.03. The van der Waals surface area contributed by atoms with Crippen LogP contribution in [0.15, 0.2) is 12.3 Å². The predicted molar refractivity (Wildman–Crippen MR) is 68.6 cm³/mol. The Morgan fingerprint density at radius 3 is 2.53 bits per heavy atom. The van der Waals surface area contributed by atoms with Crippen molar-refractivity contribution < 1.29 is 14.7 Å². The van der Waals surface area contributed by atoms with E-state index in [0.29, 0.717) is 0 Å². The Balaban J connectivity index is 2.20. The van der Waals surface area contributed by atoms with Crippen molar-refractivity contribution in [3.05, 3.63) is 18.0 Å². The molecule has 1 amide bonds. The Morgan fingerprint density at radius 2 is 2.11 bits per heavy atom. The van der Waals surface area contributed by atoms with Gasteiger partial charge in [0.15, 0.2) is 0 Å². The van der Waals surface area contributed by atoms with Gasteiger partial charge in [0, 0.05) is 19.3 Å². The molecule has 0 saturated heterocycles. The Hall–Kier alpha value is -1.85. The molecule has 1 fully saturated rings. The molecule has 1 aromatic heterocycles. The molecule has 2 rings (SSSR count). The minimum Gasteiger partial charge on any atom is -0.480 e. The van der Waals surface area contributed by atoms with Crippen molar-refractivity contribution in [2.24, 2.45) is 7.05 Å². The van der Waals surface area contributed by atoms with Crippen molar-refractivity contribution in [3.63, 3.8) is 0 Å². The molecular formula is C13H19N3O3. The zero-order chi connectivity index (χ0) is 14.2. The van der Waals surface area contributed by atoms with Gasteiger partial charge in [0.2, 0.25) is 5.91 Å². The lowest BCUT2D eigenvalue weighted by Gasteiger charge is -2.29. The van der Waals surface area contributed by atoms with Gasteiger partial charge >= 0.3 is 5.97 Å². The minimum atomic E-state index is -0.961. The van der Waals surface area contributed by atoms with Crippen molar-refractivity contribution >= 4 is 11.9 Å². The number of hydrogen-bond donors (Lipinski definition) is 1. The van der Waals surface area contributed by atoms with Gasteiger partial charge in [0.05, 0.1) is 11.6 Å². The van der Waals surface area contributed by atoms with E-state index < -0.39 is 12.0 Å². The molecule has 0 radical (unpaired) electrons. The molecule has 0 bridgehead atoms. The quantitative estimate of drug-likeness (QED) is 0.861. The summed E-state index contributed by atoms with van der Waals surface area (Å²) in [5.41, 5.74) is 0.799. The molecule has 0 aliphatic heterocycles. The second-order valence-corrected chi connectivity index (χ2v) is 5.09. The fourth-order valence-corrected chi connectivity index (χ4v) is 2.32. The van der Waals surface area contributed by atoms with Crippen molar-refractivity contribution in [2.45, 2.75) is 44.7 Å². The number of hydrogen-bond acceptors (Lipinski definition) is 3. The first-order valence-corrected chi connectivity index (χ1v) is 6.46. The van der Waals surface area contributed by atoms with Gasteiger partial charge in [-0.05, 0) is 32.8 Å². The fourth-order valence-electron chi connectivity index (χ4n) is 2.32. The first kappa shape index (κ1) is 13.6. The zero-order valence-corrected chi connectivity index (χ0v) is 11.4. The summed E-state index contributed by atoms with van der Waals surface area (Å²) in [6.07, 6.45) is 3.42. The van der Waals surface area contributed by atoms with E-state index in [1.54, 1.807) is 37.8 Å². The van der Waals surface area contributed by atoms with Crippen LogP contribution in [0.2, 0.25) is 0 Å².